The summed E-state index contributed by atoms with van der Waals surface area (Å²) in [5.41, 5.74) is 6.76. The first-order valence-corrected chi connectivity index (χ1v) is 17.2. The molecule has 3 aromatic rings. The van der Waals surface area contributed by atoms with Gasteiger partial charge in [0.25, 0.3) is 5.91 Å². The number of hydroxylamine groups is 1. The van der Waals surface area contributed by atoms with Gasteiger partial charge >= 0.3 is 5.97 Å². The van der Waals surface area contributed by atoms with Crippen molar-refractivity contribution in [2.45, 2.75) is 89.3 Å². The molecular formula is C33H41N3O8S. The molecule has 0 bridgehead atoms. The van der Waals surface area contributed by atoms with Crippen LogP contribution in [0.5, 0.6) is 0 Å². The number of amides is 1. The molecule has 1 aromatic heterocycles. The Morgan fingerprint density at radius 2 is 1.82 bits per heavy atom. The number of carbonyl (C=O) groups is 2. The first-order valence-electron chi connectivity index (χ1n) is 15.3. The van der Waals surface area contributed by atoms with Gasteiger partial charge in [-0.05, 0) is 68.0 Å². The van der Waals surface area contributed by atoms with Crippen LogP contribution in [0, 0.1) is 13.8 Å². The van der Waals surface area contributed by atoms with E-state index in [-0.39, 0.29) is 36.1 Å². The summed E-state index contributed by atoms with van der Waals surface area (Å²) < 4.78 is 32.6. The molecule has 1 fully saturated rings. The highest BCUT2D eigenvalue weighted by molar-refractivity contribution is 7.88. The molecule has 1 aliphatic carbocycles. The topological polar surface area (TPSA) is 158 Å². The fourth-order valence-corrected chi connectivity index (χ4v) is 7.66. The fourth-order valence-electron chi connectivity index (χ4n) is 6.84. The van der Waals surface area contributed by atoms with Gasteiger partial charge in [0.1, 0.15) is 18.6 Å². The summed E-state index contributed by atoms with van der Waals surface area (Å²) in [5.74, 6) is -1.99. The second-order valence-corrected chi connectivity index (χ2v) is 13.9. The van der Waals surface area contributed by atoms with Crippen LogP contribution in [0.2, 0.25) is 0 Å². The molecule has 2 aliphatic rings. The Bertz CT molecular complexity index is 1640. The smallest absolute Gasteiger partial charge is 0.371 e. The third kappa shape index (κ3) is 7.64. The molecule has 242 valence electrons. The van der Waals surface area contributed by atoms with Crippen molar-refractivity contribution < 1.29 is 37.5 Å². The van der Waals surface area contributed by atoms with Crippen LogP contribution in [-0.4, -0.2) is 60.0 Å². The molecule has 2 heterocycles. The minimum Gasteiger partial charge on any atom is -0.475 e. The van der Waals surface area contributed by atoms with Gasteiger partial charge in [0.05, 0.1) is 18.2 Å². The molecular weight excluding hydrogens is 598 g/mol. The van der Waals surface area contributed by atoms with Crippen molar-refractivity contribution in [3.05, 3.63) is 93.9 Å². The number of hydrogen-bond donors (Lipinski definition) is 4. The molecule has 3 unspecified atom stereocenters. The SMILES string of the molecule is Cc1ccc(C2[C@H](C(O)NOCc3ccc(C(=O)O)o3)c3ccccc3C(=O)N2[C@H]2CCCCCC(NS(C)(=O)=O)C2)c(C)c1. The highest BCUT2D eigenvalue weighted by atomic mass is 32.2. The minimum atomic E-state index is -3.47. The summed E-state index contributed by atoms with van der Waals surface area (Å²) >= 11 is 0. The Balaban J connectivity index is 1.54. The van der Waals surface area contributed by atoms with Crippen molar-refractivity contribution >= 4 is 21.9 Å². The Morgan fingerprint density at radius 1 is 1.07 bits per heavy atom. The lowest BCUT2D eigenvalue weighted by molar-refractivity contribution is -0.0926. The van der Waals surface area contributed by atoms with Crippen LogP contribution in [0.3, 0.4) is 0 Å². The van der Waals surface area contributed by atoms with Gasteiger partial charge in [-0.1, -0.05) is 61.2 Å². The van der Waals surface area contributed by atoms with Crippen LogP contribution in [0.4, 0.5) is 0 Å². The number of benzene rings is 2. The summed E-state index contributed by atoms with van der Waals surface area (Å²) in [5, 5.41) is 20.9. The van der Waals surface area contributed by atoms with E-state index in [1.54, 1.807) is 12.1 Å². The lowest BCUT2D eigenvalue weighted by atomic mass is 9.76. The van der Waals surface area contributed by atoms with Crippen LogP contribution < -0.4 is 10.2 Å². The number of hydrogen-bond acceptors (Lipinski definition) is 8. The second kappa shape index (κ2) is 13.8. The zero-order valence-electron chi connectivity index (χ0n) is 25.7. The number of nitrogens with zero attached hydrogens (tertiary/aromatic N) is 1. The van der Waals surface area contributed by atoms with Crippen molar-refractivity contribution in [2.75, 3.05) is 6.26 Å². The second-order valence-electron chi connectivity index (χ2n) is 12.2. The Hall–Kier alpha value is -3.55. The first-order chi connectivity index (χ1) is 21.4. The quantitative estimate of drug-likeness (QED) is 0.184. The van der Waals surface area contributed by atoms with E-state index >= 15 is 0 Å². The third-order valence-electron chi connectivity index (χ3n) is 8.72. The van der Waals surface area contributed by atoms with Gasteiger partial charge in [-0.25, -0.2) is 17.9 Å². The highest BCUT2D eigenvalue weighted by Gasteiger charge is 2.47. The standard InChI is InChI=1S/C33H41N3O8S/c1-20-13-15-25(21(2)17-20)30-29(31(37)34-43-19-24-14-16-28(44-24)33(39)40)26-11-7-8-12-27(26)32(38)36(30)23-10-6-4-5-9-22(18-23)35-45(3,41)42/h7-8,11-17,22-23,29-31,34-35,37H,4-6,9-10,18-19H2,1-3H3,(H,39,40)/t22?,23-,29+,30?,31?/m0/s1. The van der Waals surface area contributed by atoms with E-state index in [9.17, 15) is 23.1 Å². The number of fused-ring (bicyclic) bond motifs is 1. The van der Waals surface area contributed by atoms with E-state index in [2.05, 4.69) is 16.3 Å². The summed E-state index contributed by atoms with van der Waals surface area (Å²) in [6.07, 6.45) is 4.37. The Labute approximate surface area is 263 Å². The van der Waals surface area contributed by atoms with Crippen molar-refractivity contribution in [3.8, 4) is 0 Å². The van der Waals surface area contributed by atoms with E-state index in [0.717, 1.165) is 42.2 Å². The number of rotatable bonds is 10. The molecule has 0 spiro atoms. The largest absolute Gasteiger partial charge is 0.475 e. The summed E-state index contributed by atoms with van der Waals surface area (Å²) in [6, 6.07) is 14.8. The van der Waals surface area contributed by atoms with E-state index in [0.29, 0.717) is 30.4 Å². The Morgan fingerprint density at radius 3 is 2.53 bits per heavy atom. The van der Waals surface area contributed by atoms with Gasteiger partial charge in [0, 0.05) is 17.6 Å². The van der Waals surface area contributed by atoms with E-state index in [1.165, 1.54) is 12.1 Å². The number of carboxylic acids is 1. The van der Waals surface area contributed by atoms with Crippen molar-refractivity contribution in [3.63, 3.8) is 0 Å². The summed E-state index contributed by atoms with van der Waals surface area (Å²) in [7, 11) is -3.47. The maximum atomic E-state index is 14.5. The first kappa shape index (κ1) is 32.8. The van der Waals surface area contributed by atoms with Gasteiger partial charge in [-0.15, -0.1) is 0 Å². The van der Waals surface area contributed by atoms with Crippen LogP contribution in [0.25, 0.3) is 0 Å². The van der Waals surface area contributed by atoms with Crippen LogP contribution in [-0.2, 0) is 21.5 Å². The number of carbonyl (C=O) groups excluding carboxylic acids is 1. The molecule has 4 N–H and O–H groups in total. The van der Waals surface area contributed by atoms with Gasteiger partial charge in [-0.3, -0.25) is 9.63 Å². The third-order valence-corrected chi connectivity index (χ3v) is 9.48. The number of aromatic carboxylic acids is 1. The Kier molecular flexibility index (Phi) is 10.1. The lowest BCUT2D eigenvalue weighted by Gasteiger charge is -2.49. The maximum absolute atomic E-state index is 14.5. The molecule has 1 aliphatic heterocycles. The molecule has 5 rings (SSSR count). The molecule has 12 heteroatoms. The molecule has 11 nitrogen and oxygen atoms in total. The van der Waals surface area contributed by atoms with Crippen molar-refractivity contribution in [1.82, 2.24) is 15.1 Å². The minimum absolute atomic E-state index is 0.142. The summed E-state index contributed by atoms with van der Waals surface area (Å²) in [4.78, 5) is 33.2. The zero-order chi connectivity index (χ0) is 32.3. The molecule has 5 atom stereocenters. The van der Waals surface area contributed by atoms with E-state index in [1.807, 2.05) is 43.0 Å². The number of furan rings is 1. The van der Waals surface area contributed by atoms with E-state index < -0.39 is 34.2 Å². The van der Waals surface area contributed by atoms with Gasteiger partial charge in [-0.2, -0.15) is 5.48 Å². The molecule has 0 saturated heterocycles. The van der Waals surface area contributed by atoms with E-state index in [4.69, 9.17) is 14.4 Å². The number of nitrogens with one attached hydrogen (secondary N) is 2. The number of carboxylic acid groups (broad SMARTS) is 1. The number of aliphatic hydroxyl groups excluding tert-OH is 1. The number of sulfonamides is 1. The molecule has 2 aromatic carbocycles. The number of aliphatic hydroxyl groups is 1. The molecule has 1 amide bonds. The molecule has 1 saturated carbocycles. The normalized spacial score (nSPS) is 23.2. The maximum Gasteiger partial charge on any atom is 0.371 e. The van der Waals surface area contributed by atoms with Crippen molar-refractivity contribution in [1.29, 1.82) is 0 Å². The van der Waals surface area contributed by atoms with Crippen LogP contribution in [0.15, 0.2) is 59.0 Å². The zero-order valence-corrected chi connectivity index (χ0v) is 26.5. The average molecular weight is 640 g/mol. The molecule has 45 heavy (non-hydrogen) atoms. The fraction of sp³-hybridized carbons (Fsp3) is 0.455. The molecule has 0 radical (unpaired) electrons. The predicted molar refractivity (Wildman–Crippen MR) is 167 cm³/mol. The number of aryl methyl sites for hydroxylation is 2. The monoisotopic (exact) mass is 639 g/mol. The van der Waals surface area contributed by atoms with Gasteiger partial charge in [0.15, 0.2) is 0 Å². The highest BCUT2D eigenvalue weighted by Crippen LogP contribution is 2.47. The summed E-state index contributed by atoms with van der Waals surface area (Å²) in [6.45, 7) is 3.84. The van der Waals surface area contributed by atoms with Crippen molar-refractivity contribution in [2.24, 2.45) is 0 Å². The van der Waals surface area contributed by atoms with Crippen LogP contribution >= 0.6 is 0 Å². The average Bonchev–Trinajstić information content (AvgIpc) is 3.43. The van der Waals surface area contributed by atoms with Gasteiger partial charge < -0.3 is 19.5 Å². The van der Waals surface area contributed by atoms with Crippen LogP contribution in [0.1, 0.15) is 99.4 Å². The predicted octanol–water partition coefficient (Wildman–Crippen LogP) is 4.56. The van der Waals surface area contributed by atoms with Gasteiger partial charge in [0.2, 0.25) is 15.8 Å². The lowest BCUT2D eigenvalue weighted by Crippen LogP contribution is -2.54.